The minimum atomic E-state index is 0.318. The van der Waals surface area contributed by atoms with Gasteiger partial charge < -0.3 is 5.11 Å². The average Bonchev–Trinajstić information content (AvgIpc) is 2.03. The zero-order chi connectivity index (χ0) is 8.36. The van der Waals surface area contributed by atoms with E-state index < -0.39 is 0 Å². The molecule has 0 bridgehead atoms. The Morgan fingerprint density at radius 1 is 1.09 bits per heavy atom. The van der Waals surface area contributed by atoms with Gasteiger partial charge in [0.1, 0.15) is 0 Å². The number of unbranched alkanes of at least 4 members (excludes halogenated alkanes) is 2. The van der Waals surface area contributed by atoms with Gasteiger partial charge in [0.05, 0.1) is 0 Å². The summed E-state index contributed by atoms with van der Waals surface area (Å²) in [5.74, 6) is 0. The molecule has 0 unspecified atom stereocenters. The highest BCUT2D eigenvalue weighted by atomic mass is 16.2. The number of allylic oxidation sites excluding steroid dienone is 4. The highest BCUT2D eigenvalue weighted by molar-refractivity contribution is 5.01. The molecule has 1 nitrogen and oxygen atoms in total. The second kappa shape index (κ2) is 9.44. The SMILES string of the molecule is CC/C=C\C=C\CCCCO. The van der Waals surface area contributed by atoms with Crippen LogP contribution >= 0.6 is 0 Å². The number of hydrogen-bond acceptors (Lipinski definition) is 1. The number of hydrogen-bond donors (Lipinski definition) is 1. The average molecular weight is 154 g/mol. The summed E-state index contributed by atoms with van der Waals surface area (Å²) in [4.78, 5) is 0. The molecule has 1 N–H and O–H groups in total. The van der Waals surface area contributed by atoms with Crippen molar-refractivity contribution in [1.82, 2.24) is 0 Å². The van der Waals surface area contributed by atoms with Gasteiger partial charge in [0, 0.05) is 6.61 Å². The molecule has 0 aliphatic rings. The highest BCUT2D eigenvalue weighted by Crippen LogP contribution is 1.95. The third-order valence-electron chi connectivity index (χ3n) is 1.40. The van der Waals surface area contributed by atoms with Crippen LogP contribution in [0.15, 0.2) is 24.3 Å². The van der Waals surface area contributed by atoms with Gasteiger partial charge in [0.25, 0.3) is 0 Å². The highest BCUT2D eigenvalue weighted by Gasteiger charge is 1.80. The minimum absolute atomic E-state index is 0.318. The van der Waals surface area contributed by atoms with E-state index in [1.807, 2.05) is 0 Å². The van der Waals surface area contributed by atoms with Crippen molar-refractivity contribution < 1.29 is 5.11 Å². The third kappa shape index (κ3) is 9.44. The van der Waals surface area contributed by atoms with E-state index in [0.717, 1.165) is 25.7 Å². The molecule has 1 heteroatoms. The zero-order valence-electron chi connectivity index (χ0n) is 7.29. The van der Waals surface area contributed by atoms with E-state index in [0.29, 0.717) is 6.61 Å². The van der Waals surface area contributed by atoms with Crippen molar-refractivity contribution in [1.29, 1.82) is 0 Å². The molecule has 0 radical (unpaired) electrons. The van der Waals surface area contributed by atoms with Crippen molar-refractivity contribution >= 4 is 0 Å². The molecule has 0 saturated carbocycles. The molecular weight excluding hydrogens is 136 g/mol. The van der Waals surface area contributed by atoms with Crippen LogP contribution in [0.5, 0.6) is 0 Å². The largest absolute Gasteiger partial charge is 0.396 e. The van der Waals surface area contributed by atoms with Gasteiger partial charge in [-0.2, -0.15) is 0 Å². The first-order valence-electron chi connectivity index (χ1n) is 4.34. The van der Waals surface area contributed by atoms with Crippen LogP contribution in [0.25, 0.3) is 0 Å². The fourth-order valence-corrected chi connectivity index (χ4v) is 0.763. The van der Waals surface area contributed by atoms with Crippen LogP contribution < -0.4 is 0 Å². The second-order valence-electron chi connectivity index (χ2n) is 2.48. The van der Waals surface area contributed by atoms with Crippen molar-refractivity contribution in [2.45, 2.75) is 32.6 Å². The molecule has 0 aromatic heterocycles. The van der Waals surface area contributed by atoms with Gasteiger partial charge in [0.15, 0.2) is 0 Å². The van der Waals surface area contributed by atoms with Crippen LogP contribution in [0, 0.1) is 0 Å². The van der Waals surface area contributed by atoms with Crippen LogP contribution in [0.1, 0.15) is 32.6 Å². The van der Waals surface area contributed by atoms with E-state index in [1.54, 1.807) is 0 Å². The van der Waals surface area contributed by atoms with Crippen LogP contribution in [0.4, 0.5) is 0 Å². The van der Waals surface area contributed by atoms with Crippen LogP contribution in [0.2, 0.25) is 0 Å². The molecule has 0 amide bonds. The molecule has 0 heterocycles. The summed E-state index contributed by atoms with van der Waals surface area (Å²) >= 11 is 0. The van der Waals surface area contributed by atoms with Gasteiger partial charge in [0.2, 0.25) is 0 Å². The van der Waals surface area contributed by atoms with Gasteiger partial charge in [-0.25, -0.2) is 0 Å². The maximum absolute atomic E-state index is 8.47. The summed E-state index contributed by atoms with van der Waals surface area (Å²) in [5.41, 5.74) is 0. The van der Waals surface area contributed by atoms with Crippen molar-refractivity contribution in [3.63, 3.8) is 0 Å². The summed E-state index contributed by atoms with van der Waals surface area (Å²) in [6.45, 7) is 2.44. The standard InChI is InChI=1S/C10H18O/c1-2-3-4-5-6-7-8-9-10-11/h3-6,11H,2,7-10H2,1H3/b4-3-,6-5+. The maximum atomic E-state index is 8.47. The Balaban J connectivity index is 3.09. The number of aliphatic hydroxyl groups is 1. The Labute approximate surface area is 69.4 Å². The summed E-state index contributed by atoms with van der Waals surface area (Å²) in [7, 11) is 0. The number of rotatable bonds is 6. The van der Waals surface area contributed by atoms with Gasteiger partial charge >= 0.3 is 0 Å². The Hall–Kier alpha value is -0.560. The second-order valence-corrected chi connectivity index (χ2v) is 2.48. The fourth-order valence-electron chi connectivity index (χ4n) is 0.763. The molecule has 0 spiro atoms. The molecular formula is C10H18O. The summed E-state index contributed by atoms with van der Waals surface area (Å²) < 4.78 is 0. The van der Waals surface area contributed by atoms with Crippen LogP contribution in [0.3, 0.4) is 0 Å². The minimum Gasteiger partial charge on any atom is -0.396 e. The normalized spacial score (nSPS) is 11.8. The Kier molecular flexibility index (Phi) is 8.96. The first kappa shape index (κ1) is 10.4. The monoisotopic (exact) mass is 154 g/mol. The Morgan fingerprint density at radius 3 is 2.45 bits per heavy atom. The molecule has 0 saturated heterocycles. The van der Waals surface area contributed by atoms with E-state index in [-0.39, 0.29) is 0 Å². The lowest BCUT2D eigenvalue weighted by Gasteiger charge is -1.89. The predicted octanol–water partition coefficient (Wildman–Crippen LogP) is 2.67. The summed E-state index contributed by atoms with van der Waals surface area (Å²) in [5, 5.41) is 8.47. The van der Waals surface area contributed by atoms with Crippen molar-refractivity contribution in [2.75, 3.05) is 6.61 Å². The first-order chi connectivity index (χ1) is 5.41. The fraction of sp³-hybridized carbons (Fsp3) is 0.600. The van der Waals surface area contributed by atoms with E-state index in [2.05, 4.69) is 31.2 Å². The smallest absolute Gasteiger partial charge is 0.0431 e. The van der Waals surface area contributed by atoms with Gasteiger partial charge in [-0.3, -0.25) is 0 Å². The van der Waals surface area contributed by atoms with Crippen molar-refractivity contribution in [2.24, 2.45) is 0 Å². The van der Waals surface area contributed by atoms with Crippen molar-refractivity contribution in [3.05, 3.63) is 24.3 Å². The Bertz CT molecular complexity index is 114. The quantitative estimate of drug-likeness (QED) is 0.460. The summed E-state index contributed by atoms with van der Waals surface area (Å²) in [6.07, 6.45) is 12.6. The lowest BCUT2D eigenvalue weighted by Crippen LogP contribution is -1.79. The molecule has 0 atom stereocenters. The molecule has 11 heavy (non-hydrogen) atoms. The van der Waals surface area contributed by atoms with Gasteiger partial charge in [-0.15, -0.1) is 0 Å². The lowest BCUT2D eigenvalue weighted by molar-refractivity contribution is 0.285. The van der Waals surface area contributed by atoms with Crippen molar-refractivity contribution in [3.8, 4) is 0 Å². The molecule has 0 rings (SSSR count). The molecule has 0 aromatic rings. The molecule has 0 aromatic carbocycles. The molecule has 0 fully saturated rings. The van der Waals surface area contributed by atoms with E-state index in [1.165, 1.54) is 0 Å². The third-order valence-corrected chi connectivity index (χ3v) is 1.40. The Morgan fingerprint density at radius 2 is 1.82 bits per heavy atom. The molecule has 0 aliphatic carbocycles. The van der Waals surface area contributed by atoms with E-state index in [9.17, 15) is 0 Å². The van der Waals surface area contributed by atoms with Crippen LogP contribution in [-0.4, -0.2) is 11.7 Å². The van der Waals surface area contributed by atoms with E-state index >= 15 is 0 Å². The summed E-state index contributed by atoms with van der Waals surface area (Å²) in [6, 6.07) is 0. The van der Waals surface area contributed by atoms with E-state index in [4.69, 9.17) is 5.11 Å². The van der Waals surface area contributed by atoms with Gasteiger partial charge in [-0.05, 0) is 25.7 Å². The number of aliphatic hydroxyl groups excluding tert-OH is 1. The topological polar surface area (TPSA) is 20.2 Å². The maximum Gasteiger partial charge on any atom is 0.0431 e. The van der Waals surface area contributed by atoms with Gasteiger partial charge in [-0.1, -0.05) is 31.2 Å². The predicted molar refractivity (Wildman–Crippen MR) is 49.5 cm³/mol. The molecule has 64 valence electrons. The first-order valence-corrected chi connectivity index (χ1v) is 4.34. The lowest BCUT2D eigenvalue weighted by atomic mass is 10.2. The van der Waals surface area contributed by atoms with Crippen LogP contribution in [-0.2, 0) is 0 Å². The molecule has 0 aliphatic heterocycles. The zero-order valence-corrected chi connectivity index (χ0v) is 7.29.